The van der Waals surface area contributed by atoms with E-state index in [4.69, 9.17) is 11.2 Å². The van der Waals surface area contributed by atoms with Crippen LogP contribution in [-0.2, 0) is 14.3 Å². The number of benzene rings is 2. The molecule has 2 aromatic carbocycles. The van der Waals surface area contributed by atoms with Gasteiger partial charge in [0.15, 0.2) is 0 Å². The highest BCUT2D eigenvalue weighted by Crippen LogP contribution is 2.30. The summed E-state index contributed by atoms with van der Waals surface area (Å²) in [5.41, 5.74) is 1.87. The van der Waals surface area contributed by atoms with Gasteiger partial charge in [-0.2, -0.15) is 0 Å². The number of aryl methyl sites for hydroxylation is 1. The molecule has 0 aliphatic rings. The van der Waals surface area contributed by atoms with Crippen LogP contribution in [-0.4, -0.2) is 40.5 Å². The number of ether oxygens (including phenoxy) is 1. The molecule has 3 unspecified atom stereocenters. The van der Waals surface area contributed by atoms with Gasteiger partial charge in [-0.05, 0) is 76.6 Å². The Bertz CT molecular complexity index is 1190. The largest absolute Gasteiger partial charge is 0.444 e. The minimum absolute atomic E-state index is 0.0879. The number of hydrogen-bond donors (Lipinski definition) is 2. The van der Waals surface area contributed by atoms with Gasteiger partial charge in [0, 0.05) is 17.3 Å². The maximum Gasteiger partial charge on any atom is 0.408 e. The van der Waals surface area contributed by atoms with Gasteiger partial charge in [0.25, 0.3) is 5.91 Å². The molecule has 3 atom stereocenters. The van der Waals surface area contributed by atoms with E-state index in [1.165, 1.54) is 0 Å². The molecule has 0 aromatic heterocycles. The van der Waals surface area contributed by atoms with Crippen molar-refractivity contribution >= 4 is 23.6 Å². The Morgan fingerprint density at radius 3 is 2.21 bits per heavy atom. The summed E-state index contributed by atoms with van der Waals surface area (Å²) in [7, 11) is 0. The van der Waals surface area contributed by atoms with Crippen LogP contribution in [0.2, 0.25) is 0 Å². The van der Waals surface area contributed by atoms with Crippen molar-refractivity contribution in [2.45, 2.75) is 92.0 Å². The fraction of sp³-hybridized carbons (Fsp3) is 0.469. The molecule has 0 aliphatic carbocycles. The molecule has 0 saturated carbocycles. The summed E-state index contributed by atoms with van der Waals surface area (Å²) in [6, 6.07) is 12.3. The summed E-state index contributed by atoms with van der Waals surface area (Å²) in [5.74, 6) is 1.99. The molecular formula is C32H43N3O4. The lowest BCUT2D eigenvalue weighted by atomic mass is 9.94. The summed E-state index contributed by atoms with van der Waals surface area (Å²) >= 11 is 0. The highest BCUT2D eigenvalue weighted by atomic mass is 16.6. The molecule has 0 aliphatic heterocycles. The van der Waals surface area contributed by atoms with E-state index in [-0.39, 0.29) is 23.8 Å². The summed E-state index contributed by atoms with van der Waals surface area (Å²) in [5, 5.41) is 5.78. The Morgan fingerprint density at radius 2 is 1.64 bits per heavy atom. The molecule has 0 saturated heterocycles. The third-order valence-electron chi connectivity index (χ3n) is 6.36. The molecule has 2 N–H and O–H groups in total. The number of nitrogens with zero attached hydrogens (tertiary/aromatic N) is 1. The topological polar surface area (TPSA) is 87.7 Å². The molecule has 210 valence electrons. The van der Waals surface area contributed by atoms with E-state index < -0.39 is 23.8 Å². The SMILES string of the molecule is C#Cc1ccccc1C(C(=O)Nc1ccccc1C)N(C(=O)C(CC(C)C)NC(=O)OC(C)(C)C)C(C)CC. The minimum atomic E-state index is -1.03. The van der Waals surface area contributed by atoms with Crippen LogP contribution in [0.1, 0.15) is 84.0 Å². The van der Waals surface area contributed by atoms with E-state index in [1.54, 1.807) is 49.9 Å². The van der Waals surface area contributed by atoms with Gasteiger partial charge in [0.1, 0.15) is 17.7 Å². The van der Waals surface area contributed by atoms with Crippen LogP contribution < -0.4 is 10.6 Å². The Morgan fingerprint density at radius 1 is 1.03 bits per heavy atom. The van der Waals surface area contributed by atoms with Crippen LogP contribution >= 0.6 is 0 Å². The number of alkyl carbamates (subject to hydrolysis) is 1. The molecule has 3 amide bonds. The number of hydrogen-bond acceptors (Lipinski definition) is 4. The van der Waals surface area contributed by atoms with E-state index in [2.05, 4.69) is 16.6 Å². The second-order valence-corrected chi connectivity index (χ2v) is 11.3. The average Bonchev–Trinajstić information content (AvgIpc) is 2.85. The molecule has 0 radical (unpaired) electrons. The van der Waals surface area contributed by atoms with E-state index in [0.29, 0.717) is 29.7 Å². The van der Waals surface area contributed by atoms with E-state index >= 15 is 0 Å². The number of carbonyl (C=O) groups is 3. The zero-order valence-electron chi connectivity index (χ0n) is 24.5. The first-order valence-corrected chi connectivity index (χ1v) is 13.5. The van der Waals surface area contributed by atoms with Gasteiger partial charge < -0.3 is 20.3 Å². The van der Waals surface area contributed by atoms with Crippen LogP contribution in [0.5, 0.6) is 0 Å². The molecule has 0 bridgehead atoms. The van der Waals surface area contributed by atoms with Crippen LogP contribution in [0.4, 0.5) is 10.5 Å². The lowest BCUT2D eigenvalue weighted by molar-refractivity contribution is -0.143. The van der Waals surface area contributed by atoms with Gasteiger partial charge in [-0.15, -0.1) is 6.42 Å². The third-order valence-corrected chi connectivity index (χ3v) is 6.36. The number of anilines is 1. The Kier molecular flexibility index (Phi) is 11.2. The van der Waals surface area contributed by atoms with Gasteiger partial charge in [0.05, 0.1) is 0 Å². The first-order valence-electron chi connectivity index (χ1n) is 13.5. The smallest absolute Gasteiger partial charge is 0.408 e. The zero-order valence-corrected chi connectivity index (χ0v) is 24.5. The van der Waals surface area contributed by atoms with Crippen molar-refractivity contribution < 1.29 is 19.1 Å². The van der Waals surface area contributed by atoms with Gasteiger partial charge in [-0.3, -0.25) is 9.59 Å². The number of rotatable bonds is 10. The Hall–Kier alpha value is -3.79. The van der Waals surface area contributed by atoms with Crippen molar-refractivity contribution in [3.05, 3.63) is 65.2 Å². The van der Waals surface area contributed by atoms with Crippen molar-refractivity contribution in [3.8, 4) is 12.3 Å². The van der Waals surface area contributed by atoms with Crippen molar-refractivity contribution in [1.29, 1.82) is 0 Å². The highest BCUT2D eigenvalue weighted by Gasteiger charge is 2.39. The van der Waals surface area contributed by atoms with Gasteiger partial charge in [-0.25, -0.2) is 4.79 Å². The second kappa shape index (κ2) is 13.8. The number of terminal acetylenes is 1. The number of para-hydroxylation sites is 1. The van der Waals surface area contributed by atoms with Gasteiger partial charge in [0.2, 0.25) is 5.91 Å². The summed E-state index contributed by atoms with van der Waals surface area (Å²) in [6.07, 6.45) is 6.11. The molecule has 0 spiro atoms. The molecule has 0 fully saturated rings. The molecule has 2 aromatic rings. The van der Waals surface area contributed by atoms with Crippen molar-refractivity contribution in [2.24, 2.45) is 5.92 Å². The van der Waals surface area contributed by atoms with E-state index in [9.17, 15) is 14.4 Å². The van der Waals surface area contributed by atoms with Gasteiger partial charge >= 0.3 is 6.09 Å². The predicted molar refractivity (Wildman–Crippen MR) is 156 cm³/mol. The quantitative estimate of drug-likeness (QED) is 0.355. The van der Waals surface area contributed by atoms with E-state index in [1.807, 2.05) is 58.9 Å². The van der Waals surface area contributed by atoms with Crippen LogP contribution in [0.25, 0.3) is 0 Å². The average molecular weight is 534 g/mol. The zero-order chi connectivity index (χ0) is 29.3. The molecule has 7 nitrogen and oxygen atoms in total. The van der Waals surface area contributed by atoms with Crippen molar-refractivity contribution in [2.75, 3.05) is 5.32 Å². The minimum Gasteiger partial charge on any atom is -0.444 e. The first kappa shape index (κ1) is 31.4. The number of amides is 3. The maximum absolute atomic E-state index is 14.3. The fourth-order valence-corrected chi connectivity index (χ4v) is 4.32. The second-order valence-electron chi connectivity index (χ2n) is 11.3. The Balaban J connectivity index is 2.64. The maximum atomic E-state index is 14.3. The van der Waals surface area contributed by atoms with Crippen LogP contribution in [0.3, 0.4) is 0 Å². The first-order chi connectivity index (χ1) is 18.3. The van der Waals surface area contributed by atoms with Crippen LogP contribution in [0, 0.1) is 25.2 Å². The monoisotopic (exact) mass is 533 g/mol. The molecular weight excluding hydrogens is 490 g/mol. The molecule has 2 rings (SSSR count). The van der Waals surface area contributed by atoms with Crippen molar-refractivity contribution in [3.63, 3.8) is 0 Å². The molecule has 0 heterocycles. The van der Waals surface area contributed by atoms with Crippen LogP contribution in [0.15, 0.2) is 48.5 Å². The van der Waals surface area contributed by atoms with E-state index in [0.717, 1.165) is 5.56 Å². The number of carbonyl (C=O) groups excluding carboxylic acids is 3. The lowest BCUT2D eigenvalue weighted by Crippen LogP contribution is -2.55. The van der Waals surface area contributed by atoms with Gasteiger partial charge in [-0.1, -0.05) is 63.1 Å². The molecule has 7 heteroatoms. The highest BCUT2D eigenvalue weighted by molar-refractivity contribution is 5.99. The lowest BCUT2D eigenvalue weighted by Gasteiger charge is -2.39. The normalized spacial score (nSPS) is 13.5. The fourth-order valence-electron chi connectivity index (χ4n) is 4.32. The third kappa shape index (κ3) is 8.88. The molecule has 39 heavy (non-hydrogen) atoms. The summed E-state index contributed by atoms with van der Waals surface area (Å²) < 4.78 is 5.46. The summed E-state index contributed by atoms with van der Waals surface area (Å²) in [4.78, 5) is 42.7. The Labute approximate surface area is 233 Å². The van der Waals surface area contributed by atoms with Crippen molar-refractivity contribution in [1.82, 2.24) is 10.2 Å². The number of nitrogens with one attached hydrogen (secondary N) is 2. The predicted octanol–water partition coefficient (Wildman–Crippen LogP) is 6.22. The standard InChI is InChI=1S/C32H43N3O4/c1-10-23(6)35(30(37)27(20-21(3)4)34-31(38)39-32(7,8)9)28(25-18-14-13-17-24(25)11-2)29(36)33-26-19-15-12-16-22(26)5/h2,12-19,21,23,27-28H,10,20H2,1,3-9H3,(H,33,36)(H,34,38). The summed E-state index contributed by atoms with van der Waals surface area (Å²) in [6.45, 7) is 15.0.